The van der Waals surface area contributed by atoms with Crippen molar-refractivity contribution in [3.63, 3.8) is 0 Å². The fraction of sp³-hybridized carbons (Fsp3) is 0.875. The largest absolute Gasteiger partial charge is 0.480 e. The van der Waals surface area contributed by atoms with Crippen molar-refractivity contribution in [1.82, 2.24) is 20.4 Å². The summed E-state index contributed by atoms with van der Waals surface area (Å²) in [5, 5.41) is 23.9. The molecule has 1 amide bonds. The summed E-state index contributed by atoms with van der Waals surface area (Å²) in [5.74, 6) is -1.02. The minimum Gasteiger partial charge on any atom is -0.480 e. The van der Waals surface area contributed by atoms with Crippen LogP contribution in [-0.4, -0.2) is 103 Å². The van der Waals surface area contributed by atoms with Crippen LogP contribution in [0, 0.1) is 0 Å². The molecule has 0 aromatic rings. The van der Waals surface area contributed by atoms with Gasteiger partial charge in [-0.2, -0.15) is 0 Å². The summed E-state index contributed by atoms with van der Waals surface area (Å²) in [6, 6.07) is -0.512. The molecule has 2 aliphatic heterocycles. The summed E-state index contributed by atoms with van der Waals surface area (Å²) < 4.78 is 5.15. The van der Waals surface area contributed by atoms with Crippen molar-refractivity contribution < 1.29 is 24.5 Å². The molecule has 0 spiro atoms. The maximum absolute atomic E-state index is 11.7. The highest BCUT2D eigenvalue weighted by molar-refractivity contribution is 5.80. The molecule has 9 heteroatoms. The maximum Gasteiger partial charge on any atom is 0.411 e. The molecule has 2 atom stereocenters. The smallest absolute Gasteiger partial charge is 0.411 e. The number of piperazine rings is 2. The van der Waals surface area contributed by atoms with Gasteiger partial charge in [-0.15, -0.1) is 0 Å². The van der Waals surface area contributed by atoms with E-state index in [0.717, 1.165) is 19.6 Å². The summed E-state index contributed by atoms with van der Waals surface area (Å²) in [5.41, 5.74) is -0.606. The van der Waals surface area contributed by atoms with E-state index in [4.69, 9.17) is 14.9 Å². The lowest BCUT2D eigenvalue weighted by molar-refractivity contribution is -0.143. The topological polar surface area (TPSA) is 114 Å². The van der Waals surface area contributed by atoms with Crippen LogP contribution in [0.1, 0.15) is 20.8 Å². The van der Waals surface area contributed by atoms with Crippen molar-refractivity contribution in [2.75, 3.05) is 52.9 Å². The van der Waals surface area contributed by atoms with E-state index in [0.29, 0.717) is 19.1 Å². The lowest BCUT2D eigenvalue weighted by atomic mass is 10.2. The van der Waals surface area contributed by atoms with Gasteiger partial charge in [0.25, 0.3) is 0 Å². The van der Waals surface area contributed by atoms with Gasteiger partial charge >= 0.3 is 12.1 Å². The molecule has 2 fully saturated rings. The summed E-state index contributed by atoms with van der Waals surface area (Å²) in [7, 11) is 2.04. The van der Waals surface area contributed by atoms with E-state index in [-0.39, 0.29) is 13.2 Å². The highest BCUT2D eigenvalue weighted by Crippen LogP contribution is 2.13. The second kappa shape index (κ2) is 9.91. The van der Waals surface area contributed by atoms with Gasteiger partial charge in [0.2, 0.25) is 0 Å². The molecule has 0 aliphatic carbocycles. The van der Waals surface area contributed by atoms with Crippen LogP contribution in [0.15, 0.2) is 0 Å². The van der Waals surface area contributed by atoms with E-state index < -0.39 is 23.7 Å². The van der Waals surface area contributed by atoms with Crippen molar-refractivity contribution in [3.8, 4) is 0 Å². The van der Waals surface area contributed by atoms with Crippen molar-refractivity contribution in [1.29, 1.82) is 0 Å². The van der Waals surface area contributed by atoms with Crippen molar-refractivity contribution in [2.45, 2.75) is 38.5 Å². The Kier molecular flexibility index (Phi) is 8.57. The molecule has 146 valence electrons. The van der Waals surface area contributed by atoms with Crippen LogP contribution >= 0.6 is 0 Å². The average molecular weight is 360 g/mol. The van der Waals surface area contributed by atoms with Gasteiger partial charge in [-0.1, -0.05) is 0 Å². The number of carbonyl (C=O) groups is 2. The number of aliphatic carboxylic acids is 1. The van der Waals surface area contributed by atoms with E-state index in [1.807, 2.05) is 7.05 Å². The first-order chi connectivity index (χ1) is 11.7. The number of aliphatic hydroxyl groups excluding tert-OH is 1. The van der Waals surface area contributed by atoms with Crippen molar-refractivity contribution in [2.24, 2.45) is 0 Å². The number of likely N-dealkylation sites (N-methyl/N-ethyl adjacent to an activating group) is 1. The van der Waals surface area contributed by atoms with E-state index in [9.17, 15) is 9.59 Å². The SMILES string of the molecule is CC(C)(C)OC(=O)N1CCNC[C@H]1C(=O)O.CN1CCNC[C@H]1CO. The molecule has 2 rings (SSSR count). The van der Waals surface area contributed by atoms with E-state index in [2.05, 4.69) is 15.5 Å². The van der Waals surface area contributed by atoms with E-state index >= 15 is 0 Å². The standard InChI is InChI=1S/C10H18N2O4.C6H14N2O/c1-10(2,3)16-9(15)12-5-4-11-6-7(12)8(13)14;1-8-3-2-7-4-6(8)5-9/h7,11H,4-6H2,1-3H3,(H,13,14);6-7,9H,2-5H2,1H3/t7-;6-/m00/s1. The van der Waals surface area contributed by atoms with Gasteiger partial charge in [-0.3, -0.25) is 9.80 Å². The van der Waals surface area contributed by atoms with Crippen LogP contribution in [0.5, 0.6) is 0 Å². The van der Waals surface area contributed by atoms with Crippen LogP contribution < -0.4 is 10.6 Å². The van der Waals surface area contributed by atoms with Crippen molar-refractivity contribution in [3.05, 3.63) is 0 Å². The molecule has 4 N–H and O–H groups in total. The van der Waals surface area contributed by atoms with E-state index in [1.54, 1.807) is 20.8 Å². The Labute approximate surface area is 149 Å². The van der Waals surface area contributed by atoms with Gasteiger partial charge in [0.1, 0.15) is 11.6 Å². The highest BCUT2D eigenvalue weighted by Gasteiger charge is 2.34. The average Bonchev–Trinajstić information content (AvgIpc) is 2.54. The minimum atomic E-state index is -1.02. The Morgan fingerprint density at radius 3 is 2.24 bits per heavy atom. The van der Waals surface area contributed by atoms with Gasteiger partial charge in [-0.05, 0) is 27.8 Å². The van der Waals surface area contributed by atoms with E-state index in [1.165, 1.54) is 4.90 Å². The zero-order valence-corrected chi connectivity index (χ0v) is 15.6. The number of carboxylic acids is 1. The molecular formula is C16H32N4O5. The first-order valence-electron chi connectivity index (χ1n) is 8.60. The van der Waals surface area contributed by atoms with Gasteiger partial charge in [-0.25, -0.2) is 9.59 Å². The first-order valence-corrected chi connectivity index (χ1v) is 8.60. The van der Waals surface area contributed by atoms with Crippen molar-refractivity contribution >= 4 is 12.1 Å². The quantitative estimate of drug-likeness (QED) is 0.504. The lowest BCUT2D eigenvalue weighted by Crippen LogP contribution is -2.57. The molecular weight excluding hydrogens is 328 g/mol. The molecule has 0 bridgehead atoms. The Morgan fingerprint density at radius 1 is 1.16 bits per heavy atom. The fourth-order valence-corrected chi connectivity index (χ4v) is 2.53. The zero-order chi connectivity index (χ0) is 19.0. The summed E-state index contributed by atoms with van der Waals surface area (Å²) in [4.78, 5) is 26.1. The Hall–Kier alpha value is -1.42. The molecule has 0 aromatic heterocycles. The van der Waals surface area contributed by atoms with Gasteiger partial charge in [0.05, 0.1) is 6.61 Å². The summed E-state index contributed by atoms with van der Waals surface area (Å²) in [6.07, 6.45) is -0.568. The first kappa shape index (κ1) is 21.6. The summed E-state index contributed by atoms with van der Waals surface area (Å²) in [6.45, 7) is 9.74. The normalized spacial score (nSPS) is 24.9. The van der Waals surface area contributed by atoms with Gasteiger partial charge in [0.15, 0.2) is 0 Å². The maximum atomic E-state index is 11.7. The second-order valence-electron chi connectivity index (χ2n) is 7.25. The number of hydrogen-bond donors (Lipinski definition) is 4. The Balaban J connectivity index is 0.000000293. The Bertz CT molecular complexity index is 441. The lowest BCUT2D eigenvalue weighted by Gasteiger charge is -2.34. The van der Waals surface area contributed by atoms with Crippen LogP contribution in [0.4, 0.5) is 4.79 Å². The molecule has 0 radical (unpaired) electrons. The number of carboxylic acid groups (broad SMARTS) is 1. The third-order valence-electron chi connectivity index (χ3n) is 4.01. The fourth-order valence-electron chi connectivity index (χ4n) is 2.53. The Morgan fingerprint density at radius 2 is 1.76 bits per heavy atom. The summed E-state index contributed by atoms with van der Waals surface area (Å²) >= 11 is 0. The number of nitrogens with zero attached hydrogens (tertiary/aromatic N) is 2. The predicted octanol–water partition coefficient (Wildman–Crippen LogP) is -0.838. The number of amides is 1. The number of nitrogens with one attached hydrogen (secondary N) is 2. The third kappa shape index (κ3) is 7.55. The molecule has 0 saturated carbocycles. The number of hydrogen-bond acceptors (Lipinski definition) is 7. The predicted molar refractivity (Wildman–Crippen MR) is 93.6 cm³/mol. The van der Waals surface area contributed by atoms with Crippen LogP contribution in [0.25, 0.3) is 0 Å². The second-order valence-corrected chi connectivity index (χ2v) is 7.25. The van der Waals surface area contributed by atoms with Crippen LogP contribution in [0.2, 0.25) is 0 Å². The molecule has 2 aliphatic rings. The molecule has 0 aromatic carbocycles. The van der Waals surface area contributed by atoms with Crippen LogP contribution in [0.3, 0.4) is 0 Å². The molecule has 25 heavy (non-hydrogen) atoms. The molecule has 2 heterocycles. The number of carbonyl (C=O) groups excluding carboxylic acids is 1. The highest BCUT2D eigenvalue weighted by atomic mass is 16.6. The minimum absolute atomic E-state index is 0.259. The van der Waals surface area contributed by atoms with Gasteiger partial charge in [0, 0.05) is 45.3 Å². The number of rotatable bonds is 2. The molecule has 0 unspecified atom stereocenters. The number of ether oxygens (including phenoxy) is 1. The monoisotopic (exact) mass is 360 g/mol. The molecule has 9 nitrogen and oxygen atoms in total. The van der Waals surface area contributed by atoms with Crippen LogP contribution in [-0.2, 0) is 9.53 Å². The van der Waals surface area contributed by atoms with Gasteiger partial charge < -0.3 is 25.6 Å². The number of aliphatic hydroxyl groups is 1. The molecule has 2 saturated heterocycles. The zero-order valence-electron chi connectivity index (χ0n) is 15.6. The third-order valence-corrected chi connectivity index (χ3v) is 4.01.